The molecule has 0 saturated carbocycles. The highest BCUT2D eigenvalue weighted by Crippen LogP contribution is 2.27. The molecular weight excluding hydrogens is 142 g/mol. The second-order valence-corrected chi connectivity index (χ2v) is 4.08. The molecule has 2 unspecified atom stereocenters. The van der Waals surface area contributed by atoms with Gasteiger partial charge in [-0.3, -0.25) is 0 Å². The molecule has 2 atom stereocenters. The van der Waals surface area contributed by atoms with Crippen molar-refractivity contribution in [3.63, 3.8) is 0 Å². The van der Waals surface area contributed by atoms with Gasteiger partial charge < -0.3 is 14.8 Å². The summed E-state index contributed by atoms with van der Waals surface area (Å²) in [7, 11) is 0. The average molecular weight is 157 g/mol. The van der Waals surface area contributed by atoms with E-state index in [9.17, 15) is 0 Å². The number of hydrogen-bond acceptors (Lipinski definition) is 3. The summed E-state index contributed by atoms with van der Waals surface area (Å²) in [6.07, 6.45) is 0. The second kappa shape index (κ2) is 2.19. The Morgan fingerprint density at radius 3 is 1.73 bits per heavy atom. The van der Waals surface area contributed by atoms with Crippen LogP contribution in [-0.4, -0.2) is 37.5 Å². The van der Waals surface area contributed by atoms with Gasteiger partial charge in [-0.05, 0) is 13.8 Å². The number of hydrogen-bond donors (Lipinski definition) is 1. The first-order valence-electron chi connectivity index (χ1n) is 4.11. The minimum absolute atomic E-state index is 0.130. The molecule has 0 spiro atoms. The molecule has 1 N–H and O–H groups in total. The standard InChI is InChI=1S/C8H15NO2/c1-7(5-10-7)3-9-4-8(2)6-11-8/h9H,3-6H2,1-2H3. The molecule has 0 aromatic carbocycles. The zero-order valence-electron chi connectivity index (χ0n) is 7.14. The first-order valence-corrected chi connectivity index (χ1v) is 4.11. The lowest BCUT2D eigenvalue weighted by Crippen LogP contribution is -2.34. The number of epoxide rings is 2. The van der Waals surface area contributed by atoms with E-state index in [-0.39, 0.29) is 11.2 Å². The Morgan fingerprint density at radius 2 is 1.45 bits per heavy atom. The van der Waals surface area contributed by atoms with Crippen molar-refractivity contribution in [2.75, 3.05) is 26.3 Å². The fraction of sp³-hybridized carbons (Fsp3) is 1.00. The van der Waals surface area contributed by atoms with Crippen LogP contribution >= 0.6 is 0 Å². The highest BCUT2D eigenvalue weighted by molar-refractivity contribution is 4.93. The molecule has 2 fully saturated rings. The van der Waals surface area contributed by atoms with Gasteiger partial charge in [0.15, 0.2) is 0 Å². The molecule has 0 radical (unpaired) electrons. The molecule has 3 heteroatoms. The Morgan fingerprint density at radius 1 is 1.09 bits per heavy atom. The van der Waals surface area contributed by atoms with Crippen LogP contribution in [0.1, 0.15) is 13.8 Å². The Labute approximate surface area is 67.1 Å². The molecule has 11 heavy (non-hydrogen) atoms. The van der Waals surface area contributed by atoms with Crippen LogP contribution in [0.25, 0.3) is 0 Å². The number of nitrogens with one attached hydrogen (secondary N) is 1. The van der Waals surface area contributed by atoms with E-state index >= 15 is 0 Å². The van der Waals surface area contributed by atoms with E-state index in [0.717, 1.165) is 26.3 Å². The van der Waals surface area contributed by atoms with Crippen molar-refractivity contribution >= 4 is 0 Å². The SMILES string of the molecule is CC1(CNCC2(C)CO2)CO1. The van der Waals surface area contributed by atoms with Crippen LogP contribution in [0.2, 0.25) is 0 Å². The minimum atomic E-state index is 0.130. The van der Waals surface area contributed by atoms with Crippen LogP contribution in [0.15, 0.2) is 0 Å². The second-order valence-electron chi connectivity index (χ2n) is 4.08. The van der Waals surface area contributed by atoms with E-state index in [0.29, 0.717) is 0 Å². The lowest BCUT2D eigenvalue weighted by molar-refractivity contribution is 0.282. The van der Waals surface area contributed by atoms with Crippen LogP contribution in [0, 0.1) is 0 Å². The third kappa shape index (κ3) is 1.92. The van der Waals surface area contributed by atoms with Crippen LogP contribution in [0.3, 0.4) is 0 Å². The van der Waals surface area contributed by atoms with Crippen molar-refractivity contribution in [1.82, 2.24) is 5.32 Å². The van der Waals surface area contributed by atoms with E-state index in [1.54, 1.807) is 0 Å². The van der Waals surface area contributed by atoms with Gasteiger partial charge in [-0.15, -0.1) is 0 Å². The first kappa shape index (κ1) is 7.53. The maximum absolute atomic E-state index is 5.23. The van der Waals surface area contributed by atoms with Crippen molar-refractivity contribution < 1.29 is 9.47 Å². The Hall–Kier alpha value is -0.120. The molecule has 64 valence electrons. The van der Waals surface area contributed by atoms with E-state index in [1.807, 2.05) is 0 Å². The van der Waals surface area contributed by atoms with Crippen LogP contribution in [0.4, 0.5) is 0 Å². The van der Waals surface area contributed by atoms with Gasteiger partial charge in [-0.25, -0.2) is 0 Å². The molecule has 0 aromatic rings. The van der Waals surface area contributed by atoms with Gasteiger partial charge in [-0.2, -0.15) is 0 Å². The lowest BCUT2D eigenvalue weighted by Gasteiger charge is -2.09. The molecule has 2 rings (SSSR count). The molecule has 0 aromatic heterocycles. The number of ether oxygens (including phenoxy) is 2. The third-order valence-electron chi connectivity index (χ3n) is 2.27. The predicted molar refractivity (Wildman–Crippen MR) is 41.6 cm³/mol. The first-order chi connectivity index (χ1) is 5.12. The fourth-order valence-electron chi connectivity index (χ4n) is 1.04. The summed E-state index contributed by atoms with van der Waals surface area (Å²) in [5.74, 6) is 0. The van der Waals surface area contributed by atoms with Crippen LogP contribution < -0.4 is 5.32 Å². The van der Waals surface area contributed by atoms with Crippen molar-refractivity contribution in [3.8, 4) is 0 Å². The summed E-state index contributed by atoms with van der Waals surface area (Å²) >= 11 is 0. The highest BCUT2D eigenvalue weighted by atomic mass is 16.6. The van der Waals surface area contributed by atoms with Crippen LogP contribution in [-0.2, 0) is 9.47 Å². The van der Waals surface area contributed by atoms with Crippen molar-refractivity contribution in [2.24, 2.45) is 0 Å². The summed E-state index contributed by atoms with van der Waals surface area (Å²) in [5.41, 5.74) is 0.260. The summed E-state index contributed by atoms with van der Waals surface area (Å²) in [5, 5.41) is 3.34. The van der Waals surface area contributed by atoms with Gasteiger partial charge in [-0.1, -0.05) is 0 Å². The van der Waals surface area contributed by atoms with Crippen LogP contribution in [0.5, 0.6) is 0 Å². The van der Waals surface area contributed by atoms with Gasteiger partial charge >= 0.3 is 0 Å². The molecule has 0 bridgehead atoms. The number of rotatable bonds is 4. The van der Waals surface area contributed by atoms with Crippen molar-refractivity contribution in [1.29, 1.82) is 0 Å². The summed E-state index contributed by atoms with van der Waals surface area (Å²) in [4.78, 5) is 0. The summed E-state index contributed by atoms with van der Waals surface area (Å²) in [6.45, 7) is 7.94. The van der Waals surface area contributed by atoms with Gasteiger partial charge in [0.2, 0.25) is 0 Å². The molecular formula is C8H15NO2. The van der Waals surface area contributed by atoms with Gasteiger partial charge in [0, 0.05) is 13.1 Å². The molecule has 2 aliphatic heterocycles. The fourth-order valence-corrected chi connectivity index (χ4v) is 1.04. The minimum Gasteiger partial charge on any atom is -0.369 e. The Balaban J connectivity index is 1.60. The third-order valence-corrected chi connectivity index (χ3v) is 2.27. The largest absolute Gasteiger partial charge is 0.369 e. The van der Waals surface area contributed by atoms with Gasteiger partial charge in [0.05, 0.1) is 13.2 Å². The maximum atomic E-state index is 5.23. The Kier molecular flexibility index (Phi) is 1.50. The summed E-state index contributed by atoms with van der Waals surface area (Å²) in [6, 6.07) is 0. The molecule has 3 nitrogen and oxygen atoms in total. The molecule has 0 aliphatic carbocycles. The summed E-state index contributed by atoms with van der Waals surface area (Å²) < 4.78 is 10.5. The van der Waals surface area contributed by atoms with Crippen molar-refractivity contribution in [3.05, 3.63) is 0 Å². The zero-order chi connectivity index (χ0) is 7.95. The topological polar surface area (TPSA) is 37.1 Å². The Bertz CT molecular complexity index is 143. The molecule has 2 aliphatic rings. The van der Waals surface area contributed by atoms with E-state index < -0.39 is 0 Å². The van der Waals surface area contributed by atoms with Crippen molar-refractivity contribution in [2.45, 2.75) is 25.0 Å². The smallest absolute Gasteiger partial charge is 0.101 e. The quantitative estimate of drug-likeness (QED) is 0.590. The zero-order valence-corrected chi connectivity index (χ0v) is 7.14. The van der Waals surface area contributed by atoms with E-state index in [2.05, 4.69) is 19.2 Å². The van der Waals surface area contributed by atoms with Gasteiger partial charge in [0.25, 0.3) is 0 Å². The average Bonchev–Trinajstić information content (AvgIpc) is 2.78. The van der Waals surface area contributed by atoms with E-state index in [4.69, 9.17) is 9.47 Å². The normalized spacial score (nSPS) is 47.5. The lowest BCUT2D eigenvalue weighted by atomic mass is 10.2. The molecule has 0 amide bonds. The van der Waals surface area contributed by atoms with E-state index in [1.165, 1.54) is 0 Å². The molecule has 2 heterocycles. The predicted octanol–water partition coefficient (Wildman–Crippen LogP) is 0.154. The van der Waals surface area contributed by atoms with Gasteiger partial charge in [0.1, 0.15) is 11.2 Å². The maximum Gasteiger partial charge on any atom is 0.101 e. The monoisotopic (exact) mass is 157 g/mol. The highest BCUT2D eigenvalue weighted by Gasteiger charge is 2.42. The molecule has 2 saturated heterocycles.